The summed E-state index contributed by atoms with van der Waals surface area (Å²) in [6.07, 6.45) is 0. The molecule has 0 aliphatic carbocycles. The first-order chi connectivity index (χ1) is 13.4. The fourth-order valence-electron chi connectivity index (χ4n) is 3.01. The van der Waals surface area contributed by atoms with Crippen LogP contribution in [-0.4, -0.2) is 61.2 Å². The average molecular weight is 425 g/mol. The molecule has 1 aromatic carbocycles. The molecule has 2 heterocycles. The summed E-state index contributed by atoms with van der Waals surface area (Å²) in [5, 5.41) is 3.38. The van der Waals surface area contributed by atoms with Gasteiger partial charge in [-0.05, 0) is 30.3 Å². The lowest BCUT2D eigenvalue weighted by atomic mass is 10.2. The largest absolute Gasteiger partial charge is 0.378 e. The summed E-state index contributed by atoms with van der Waals surface area (Å²) in [4.78, 5) is 28.4. The van der Waals surface area contributed by atoms with Crippen molar-refractivity contribution in [1.29, 1.82) is 0 Å². The van der Waals surface area contributed by atoms with Gasteiger partial charge in [0, 0.05) is 38.6 Å². The van der Waals surface area contributed by atoms with Gasteiger partial charge in [0.25, 0.3) is 5.91 Å². The fourth-order valence-corrected chi connectivity index (χ4v) is 3.38. The number of aromatic nitrogens is 1. The Kier molecular flexibility index (Phi) is 6.49. The number of amides is 2. The molecule has 2 aromatic rings. The molecule has 1 saturated heterocycles. The van der Waals surface area contributed by atoms with E-state index in [1.54, 1.807) is 14.1 Å². The van der Waals surface area contributed by atoms with Crippen molar-refractivity contribution in [3.63, 3.8) is 0 Å². The summed E-state index contributed by atoms with van der Waals surface area (Å²) in [5.74, 6) is -0.629. The number of anilines is 2. The van der Waals surface area contributed by atoms with Crippen LogP contribution in [0.2, 0.25) is 10.2 Å². The Morgan fingerprint density at radius 3 is 2.39 bits per heavy atom. The van der Waals surface area contributed by atoms with Crippen molar-refractivity contribution in [2.45, 2.75) is 0 Å². The first-order valence-electron chi connectivity index (χ1n) is 8.85. The van der Waals surface area contributed by atoms with Gasteiger partial charge in [-0.3, -0.25) is 9.59 Å². The van der Waals surface area contributed by atoms with Crippen LogP contribution in [0.4, 0.5) is 11.4 Å². The second-order valence-electron chi connectivity index (χ2n) is 6.58. The van der Waals surface area contributed by atoms with E-state index in [2.05, 4.69) is 10.2 Å². The van der Waals surface area contributed by atoms with Gasteiger partial charge in [0.1, 0.15) is 10.8 Å². The van der Waals surface area contributed by atoms with E-state index in [0.29, 0.717) is 16.4 Å². The summed E-state index contributed by atoms with van der Waals surface area (Å²) in [7, 11) is 3.20. The quantitative estimate of drug-likeness (QED) is 0.800. The van der Waals surface area contributed by atoms with Gasteiger partial charge in [0.05, 0.1) is 24.8 Å². The van der Waals surface area contributed by atoms with E-state index < -0.39 is 0 Å². The first-order valence-corrected chi connectivity index (χ1v) is 9.61. The molecule has 3 rings (SSSR count). The zero-order chi connectivity index (χ0) is 20.3. The fraction of sp³-hybridized carbons (Fsp3) is 0.368. The Hall–Kier alpha value is -2.22. The minimum absolute atomic E-state index is 0.0928. The monoisotopic (exact) mass is 424 g/mol. The first kappa shape index (κ1) is 20.5. The molecule has 1 N–H and O–H groups in total. The van der Waals surface area contributed by atoms with Gasteiger partial charge in [0.15, 0.2) is 0 Å². The normalized spacial score (nSPS) is 14.1. The zero-order valence-corrected chi connectivity index (χ0v) is 17.3. The molecule has 150 valence electrons. The maximum Gasteiger partial charge on any atom is 0.270 e. The van der Waals surface area contributed by atoms with Gasteiger partial charge < -0.3 is 24.4 Å². The number of morpholine rings is 1. The smallest absolute Gasteiger partial charge is 0.270 e. The van der Waals surface area contributed by atoms with Crippen molar-refractivity contribution in [2.24, 2.45) is 7.05 Å². The molecule has 0 saturated carbocycles. The van der Waals surface area contributed by atoms with E-state index in [9.17, 15) is 9.59 Å². The molecule has 7 nitrogen and oxygen atoms in total. The predicted molar refractivity (Wildman–Crippen MR) is 110 cm³/mol. The maximum absolute atomic E-state index is 12.5. The SMILES string of the molecule is CN(CC(=O)Nc1ccc(N2CCOCC2)cc1)C(=O)c1cc(Cl)c(Cl)n1C. The highest BCUT2D eigenvalue weighted by Crippen LogP contribution is 2.25. The topological polar surface area (TPSA) is 66.8 Å². The number of rotatable bonds is 5. The molecule has 0 unspecified atom stereocenters. The zero-order valence-electron chi connectivity index (χ0n) is 15.7. The molecule has 28 heavy (non-hydrogen) atoms. The number of carbonyl (C=O) groups excluding carboxylic acids is 2. The third-order valence-electron chi connectivity index (χ3n) is 4.59. The molecule has 1 aromatic heterocycles. The number of likely N-dealkylation sites (N-methyl/N-ethyl adjacent to an activating group) is 1. The minimum Gasteiger partial charge on any atom is -0.378 e. The highest BCUT2D eigenvalue weighted by Gasteiger charge is 2.21. The molecule has 0 bridgehead atoms. The van der Waals surface area contributed by atoms with Crippen LogP contribution in [0.25, 0.3) is 0 Å². The van der Waals surface area contributed by atoms with Crippen molar-refractivity contribution in [3.05, 3.63) is 46.2 Å². The van der Waals surface area contributed by atoms with Crippen molar-refractivity contribution >= 4 is 46.4 Å². The van der Waals surface area contributed by atoms with Crippen molar-refractivity contribution in [3.8, 4) is 0 Å². The van der Waals surface area contributed by atoms with Gasteiger partial charge >= 0.3 is 0 Å². The summed E-state index contributed by atoms with van der Waals surface area (Å²) >= 11 is 12.0. The summed E-state index contributed by atoms with van der Waals surface area (Å²) < 4.78 is 6.84. The number of nitrogens with zero attached hydrogens (tertiary/aromatic N) is 3. The number of nitrogens with one attached hydrogen (secondary N) is 1. The van der Waals surface area contributed by atoms with E-state index in [4.69, 9.17) is 27.9 Å². The van der Waals surface area contributed by atoms with E-state index >= 15 is 0 Å². The number of benzene rings is 1. The van der Waals surface area contributed by atoms with Crippen LogP contribution in [0.1, 0.15) is 10.5 Å². The van der Waals surface area contributed by atoms with Gasteiger partial charge in [-0.2, -0.15) is 0 Å². The number of halogens is 2. The lowest BCUT2D eigenvalue weighted by molar-refractivity contribution is -0.116. The van der Waals surface area contributed by atoms with Crippen LogP contribution in [0.5, 0.6) is 0 Å². The molecule has 1 aliphatic rings. The van der Waals surface area contributed by atoms with E-state index in [0.717, 1.165) is 32.0 Å². The van der Waals surface area contributed by atoms with Gasteiger partial charge in [0.2, 0.25) is 5.91 Å². The number of ether oxygens (including phenoxy) is 1. The van der Waals surface area contributed by atoms with Gasteiger partial charge in [-0.15, -0.1) is 0 Å². The Morgan fingerprint density at radius 1 is 1.18 bits per heavy atom. The van der Waals surface area contributed by atoms with Gasteiger partial charge in [-0.1, -0.05) is 23.2 Å². The minimum atomic E-state index is -0.339. The molecule has 0 spiro atoms. The van der Waals surface area contributed by atoms with Crippen LogP contribution in [-0.2, 0) is 16.6 Å². The molecular formula is C19H22Cl2N4O3. The lowest BCUT2D eigenvalue weighted by Gasteiger charge is -2.28. The Balaban J connectivity index is 1.57. The van der Waals surface area contributed by atoms with Crippen molar-refractivity contribution in [2.75, 3.05) is 50.1 Å². The van der Waals surface area contributed by atoms with Crippen LogP contribution in [0, 0.1) is 0 Å². The number of hydrogen-bond acceptors (Lipinski definition) is 4. The van der Waals surface area contributed by atoms with Crippen LogP contribution in [0.3, 0.4) is 0 Å². The Labute approximate surface area is 173 Å². The molecule has 0 radical (unpaired) electrons. The molecular weight excluding hydrogens is 403 g/mol. The molecule has 2 amide bonds. The van der Waals surface area contributed by atoms with Gasteiger partial charge in [-0.25, -0.2) is 0 Å². The Bertz CT molecular complexity index is 861. The van der Waals surface area contributed by atoms with Crippen LogP contribution >= 0.6 is 23.2 Å². The Morgan fingerprint density at radius 2 is 1.82 bits per heavy atom. The molecule has 1 fully saturated rings. The maximum atomic E-state index is 12.5. The summed E-state index contributed by atoms with van der Waals surface area (Å²) in [6, 6.07) is 9.11. The molecule has 0 atom stereocenters. The van der Waals surface area contributed by atoms with E-state index in [1.807, 2.05) is 24.3 Å². The molecule has 1 aliphatic heterocycles. The predicted octanol–water partition coefficient (Wildman–Crippen LogP) is 2.88. The second kappa shape index (κ2) is 8.86. The lowest BCUT2D eigenvalue weighted by Crippen LogP contribution is -2.36. The third-order valence-corrected chi connectivity index (χ3v) is 5.43. The van der Waals surface area contributed by atoms with Crippen LogP contribution < -0.4 is 10.2 Å². The van der Waals surface area contributed by atoms with Crippen LogP contribution in [0.15, 0.2) is 30.3 Å². The molecule has 9 heteroatoms. The highest BCUT2D eigenvalue weighted by atomic mass is 35.5. The van der Waals surface area contributed by atoms with E-state index in [-0.39, 0.29) is 23.5 Å². The van der Waals surface area contributed by atoms with Crippen molar-refractivity contribution < 1.29 is 14.3 Å². The summed E-state index contributed by atoms with van der Waals surface area (Å²) in [6.45, 7) is 3.05. The summed E-state index contributed by atoms with van der Waals surface area (Å²) in [5.41, 5.74) is 2.08. The highest BCUT2D eigenvalue weighted by molar-refractivity contribution is 6.41. The number of carbonyl (C=O) groups is 2. The van der Waals surface area contributed by atoms with Crippen molar-refractivity contribution in [1.82, 2.24) is 9.47 Å². The standard InChI is InChI=1S/C19H22Cl2N4O3/c1-23(19(27)16-11-15(20)18(21)24(16)2)12-17(26)22-13-3-5-14(6-4-13)25-7-9-28-10-8-25/h3-6,11H,7-10,12H2,1-2H3,(H,22,26). The van der Waals surface area contributed by atoms with E-state index in [1.165, 1.54) is 15.5 Å². The third kappa shape index (κ3) is 4.60. The second-order valence-corrected chi connectivity index (χ2v) is 7.35. The number of hydrogen-bond donors (Lipinski definition) is 1. The average Bonchev–Trinajstić information content (AvgIpc) is 2.96.